The molecule has 8 heteroatoms. The summed E-state index contributed by atoms with van der Waals surface area (Å²) in [5, 5.41) is 9.30. The number of likely N-dealkylation sites (tertiary alicyclic amines) is 1. The Morgan fingerprint density at radius 3 is 2.38 bits per heavy atom. The molecule has 40 heavy (non-hydrogen) atoms. The number of fused-ring (bicyclic) bond motifs is 2. The Hall–Kier alpha value is -2.97. The van der Waals surface area contributed by atoms with Gasteiger partial charge in [-0.25, -0.2) is 0 Å². The fourth-order valence-electron chi connectivity index (χ4n) is 7.91. The van der Waals surface area contributed by atoms with Gasteiger partial charge in [-0.05, 0) is 51.2 Å². The molecule has 1 N–H and O–H groups in total. The quantitative estimate of drug-likeness (QED) is 0.417. The van der Waals surface area contributed by atoms with Crippen LogP contribution < -0.4 is 4.90 Å². The van der Waals surface area contributed by atoms with E-state index in [-0.39, 0.29) is 30.4 Å². The molecule has 3 amide bonds. The highest BCUT2D eigenvalue weighted by Crippen LogP contribution is 2.57. The van der Waals surface area contributed by atoms with Gasteiger partial charge in [0.25, 0.3) is 0 Å². The number of ether oxygens (including phenoxy) is 1. The highest BCUT2D eigenvalue weighted by atomic mass is 16.5. The fourth-order valence-corrected chi connectivity index (χ4v) is 7.91. The molecule has 1 aromatic rings. The number of para-hydroxylation sites is 1. The average Bonchev–Trinajstić information content (AvgIpc) is 3.22. The second-order valence-electron chi connectivity index (χ2n) is 12.2. The zero-order valence-corrected chi connectivity index (χ0v) is 23.4. The summed E-state index contributed by atoms with van der Waals surface area (Å²) in [4.78, 5) is 48.7. The zero-order chi connectivity index (χ0) is 27.9. The maximum atomic E-state index is 14.5. The molecule has 4 aliphatic heterocycles. The SMILES string of the molecule is C[C@@]12C=CCN(c3ccccc3)C(=O)[C@@H]1[C@H]1C(=O)N(CCCCCO)C3C(=O)N(C4CCCCC4)CC=C[C@@]31O2. The minimum Gasteiger partial charge on any atom is -0.396 e. The van der Waals surface area contributed by atoms with Crippen LogP contribution >= 0.6 is 0 Å². The van der Waals surface area contributed by atoms with E-state index < -0.39 is 29.1 Å². The van der Waals surface area contributed by atoms with E-state index in [0.29, 0.717) is 32.5 Å². The molecule has 0 radical (unpaired) electrons. The molecule has 4 heterocycles. The molecule has 1 aliphatic carbocycles. The number of rotatable bonds is 7. The van der Waals surface area contributed by atoms with Crippen LogP contribution in [-0.4, -0.2) is 82.2 Å². The number of amides is 3. The van der Waals surface area contributed by atoms with Crippen LogP contribution in [0, 0.1) is 11.8 Å². The van der Waals surface area contributed by atoms with E-state index in [9.17, 15) is 19.5 Å². The summed E-state index contributed by atoms with van der Waals surface area (Å²) >= 11 is 0. The number of nitrogens with zero attached hydrogens (tertiary/aromatic N) is 3. The van der Waals surface area contributed by atoms with E-state index in [2.05, 4.69) is 0 Å². The van der Waals surface area contributed by atoms with Gasteiger partial charge in [-0.3, -0.25) is 14.4 Å². The molecule has 0 aromatic heterocycles. The molecule has 2 saturated heterocycles. The maximum Gasteiger partial charge on any atom is 0.249 e. The topological polar surface area (TPSA) is 90.4 Å². The molecule has 1 unspecified atom stereocenters. The lowest BCUT2D eigenvalue weighted by Gasteiger charge is -2.40. The molecule has 1 aromatic carbocycles. The summed E-state index contributed by atoms with van der Waals surface area (Å²) in [5.74, 6) is -1.95. The Morgan fingerprint density at radius 2 is 1.62 bits per heavy atom. The summed E-state index contributed by atoms with van der Waals surface area (Å²) in [6, 6.07) is 8.88. The van der Waals surface area contributed by atoms with Gasteiger partial charge in [0, 0.05) is 38.0 Å². The van der Waals surface area contributed by atoms with Crippen LogP contribution in [0.3, 0.4) is 0 Å². The minimum atomic E-state index is -1.21. The molecule has 1 saturated carbocycles. The normalized spacial score (nSPS) is 34.1. The van der Waals surface area contributed by atoms with Crippen LogP contribution in [0.15, 0.2) is 54.6 Å². The third-order valence-corrected chi connectivity index (χ3v) is 9.73. The molecule has 8 nitrogen and oxygen atoms in total. The summed E-state index contributed by atoms with van der Waals surface area (Å²) in [6.45, 7) is 3.28. The molecule has 5 aliphatic rings. The van der Waals surface area contributed by atoms with E-state index in [1.165, 1.54) is 6.42 Å². The van der Waals surface area contributed by atoms with Crippen molar-refractivity contribution in [1.29, 1.82) is 0 Å². The highest BCUT2D eigenvalue weighted by Gasteiger charge is 2.74. The summed E-state index contributed by atoms with van der Waals surface area (Å²) in [5.41, 5.74) is -1.46. The van der Waals surface area contributed by atoms with Crippen molar-refractivity contribution in [1.82, 2.24) is 9.80 Å². The van der Waals surface area contributed by atoms with Crippen LogP contribution in [0.25, 0.3) is 0 Å². The average molecular weight is 548 g/mol. The Morgan fingerprint density at radius 1 is 0.875 bits per heavy atom. The van der Waals surface area contributed by atoms with Crippen LogP contribution in [0.4, 0.5) is 5.69 Å². The molecule has 3 fully saturated rings. The maximum absolute atomic E-state index is 14.5. The number of hydrogen-bond donors (Lipinski definition) is 1. The predicted molar refractivity (Wildman–Crippen MR) is 151 cm³/mol. The Balaban J connectivity index is 1.41. The number of hydrogen-bond acceptors (Lipinski definition) is 5. The molecule has 6 rings (SSSR count). The smallest absolute Gasteiger partial charge is 0.249 e. The van der Waals surface area contributed by atoms with Gasteiger partial charge in [0.15, 0.2) is 0 Å². The first-order valence-corrected chi connectivity index (χ1v) is 15.0. The number of carbonyl (C=O) groups is 3. The highest BCUT2D eigenvalue weighted by molar-refractivity contribution is 6.04. The first-order chi connectivity index (χ1) is 19.4. The van der Waals surface area contributed by atoms with Gasteiger partial charge in [-0.2, -0.15) is 0 Å². The van der Waals surface area contributed by atoms with Crippen molar-refractivity contribution in [3.63, 3.8) is 0 Å². The van der Waals surface area contributed by atoms with Gasteiger partial charge in [-0.15, -0.1) is 0 Å². The van der Waals surface area contributed by atoms with E-state index in [1.807, 2.05) is 66.5 Å². The van der Waals surface area contributed by atoms with Gasteiger partial charge >= 0.3 is 0 Å². The van der Waals surface area contributed by atoms with Crippen LogP contribution in [-0.2, 0) is 19.1 Å². The van der Waals surface area contributed by atoms with E-state index in [0.717, 1.165) is 37.8 Å². The monoisotopic (exact) mass is 547 g/mol. The zero-order valence-electron chi connectivity index (χ0n) is 23.4. The molecule has 1 spiro atoms. The van der Waals surface area contributed by atoms with E-state index in [1.54, 1.807) is 9.80 Å². The Bertz CT molecular complexity index is 1190. The standard InChI is InChI=1S/C32H41N3O5/c1-31-17-11-20-33(23-13-5-2-6-14-23)28(37)25(31)26-29(38)35(19-9-4-10-22-36)27-30(39)34(24-15-7-3-8-16-24)21-12-18-32(26,27)40-31/h2,5-6,11-14,17-18,24-27,36H,3-4,7-10,15-16,19-22H2,1H3/t25-,26-,27?,31+,32-/m0/s1. The van der Waals surface area contributed by atoms with Gasteiger partial charge in [0.1, 0.15) is 11.6 Å². The van der Waals surface area contributed by atoms with Crippen molar-refractivity contribution < 1.29 is 24.2 Å². The lowest BCUT2D eigenvalue weighted by atomic mass is 9.74. The number of anilines is 1. The Labute approximate surface area is 236 Å². The van der Waals surface area contributed by atoms with Gasteiger partial charge < -0.3 is 24.5 Å². The van der Waals surface area contributed by atoms with Gasteiger partial charge in [-0.1, -0.05) is 61.8 Å². The number of unbranched alkanes of at least 4 members (excludes halogenated alkanes) is 2. The van der Waals surface area contributed by atoms with Crippen LogP contribution in [0.5, 0.6) is 0 Å². The largest absolute Gasteiger partial charge is 0.396 e. The number of aliphatic hydroxyl groups excluding tert-OH is 1. The summed E-state index contributed by atoms with van der Waals surface area (Å²) < 4.78 is 6.95. The lowest BCUT2D eigenvalue weighted by Crippen LogP contribution is -2.57. The number of carbonyl (C=O) groups excluding carboxylic acids is 3. The number of benzene rings is 1. The molecule has 0 bridgehead atoms. The second-order valence-corrected chi connectivity index (χ2v) is 12.2. The van der Waals surface area contributed by atoms with Crippen molar-refractivity contribution in [2.24, 2.45) is 11.8 Å². The first kappa shape index (κ1) is 27.2. The third kappa shape index (κ3) is 4.31. The molecular weight excluding hydrogens is 506 g/mol. The molecule has 214 valence electrons. The summed E-state index contributed by atoms with van der Waals surface area (Å²) in [7, 11) is 0. The molecular formula is C32H41N3O5. The second kappa shape index (κ2) is 10.8. The third-order valence-electron chi connectivity index (χ3n) is 9.73. The van der Waals surface area contributed by atoms with E-state index >= 15 is 0 Å². The first-order valence-electron chi connectivity index (χ1n) is 15.0. The van der Waals surface area contributed by atoms with Crippen molar-refractivity contribution in [2.45, 2.75) is 81.6 Å². The van der Waals surface area contributed by atoms with Gasteiger partial charge in [0.05, 0.1) is 17.4 Å². The van der Waals surface area contributed by atoms with Crippen molar-refractivity contribution in [2.75, 3.05) is 31.1 Å². The fraction of sp³-hybridized carbons (Fsp3) is 0.594. The summed E-state index contributed by atoms with van der Waals surface area (Å²) in [6.07, 6.45) is 15.3. The van der Waals surface area contributed by atoms with Crippen molar-refractivity contribution in [3.05, 3.63) is 54.6 Å². The predicted octanol–water partition coefficient (Wildman–Crippen LogP) is 3.45. The van der Waals surface area contributed by atoms with E-state index in [4.69, 9.17) is 4.74 Å². The van der Waals surface area contributed by atoms with Crippen molar-refractivity contribution in [3.8, 4) is 0 Å². The lowest BCUT2D eigenvalue weighted by molar-refractivity contribution is -0.152. The minimum absolute atomic E-state index is 0.0636. The Kier molecular flexibility index (Phi) is 7.34. The van der Waals surface area contributed by atoms with Gasteiger partial charge in [0.2, 0.25) is 17.7 Å². The van der Waals surface area contributed by atoms with Crippen molar-refractivity contribution >= 4 is 23.4 Å². The molecule has 5 atom stereocenters. The number of aliphatic hydroxyl groups is 1. The van der Waals surface area contributed by atoms with Crippen LogP contribution in [0.1, 0.15) is 58.3 Å². The van der Waals surface area contributed by atoms with Crippen LogP contribution in [0.2, 0.25) is 0 Å².